The number of nitrogens with zero attached hydrogens (tertiary/aromatic N) is 5. The topological polar surface area (TPSA) is 64.6 Å². The predicted molar refractivity (Wildman–Crippen MR) is 99.4 cm³/mol. The molecule has 27 heavy (non-hydrogen) atoms. The van der Waals surface area contributed by atoms with Crippen LogP contribution in [0.5, 0.6) is 0 Å². The maximum atomic E-state index is 13.3. The first kappa shape index (κ1) is 20.2. The lowest BCUT2D eigenvalue weighted by molar-refractivity contribution is -0.133. The lowest BCUT2D eigenvalue weighted by Gasteiger charge is -2.37. The highest BCUT2D eigenvalue weighted by Crippen LogP contribution is 2.28. The number of carbonyl (C=O) groups is 1. The molecule has 4 heterocycles. The fourth-order valence-electron chi connectivity index (χ4n) is 4.07. The van der Waals surface area contributed by atoms with Crippen LogP contribution >= 0.6 is 12.4 Å². The van der Waals surface area contributed by atoms with Crippen LogP contribution < -0.4 is 10.2 Å². The zero-order chi connectivity index (χ0) is 18.1. The van der Waals surface area contributed by atoms with Gasteiger partial charge in [-0.15, -0.1) is 12.4 Å². The van der Waals surface area contributed by atoms with Gasteiger partial charge in [-0.2, -0.15) is 0 Å². The van der Waals surface area contributed by atoms with Gasteiger partial charge in [0.2, 0.25) is 11.9 Å². The van der Waals surface area contributed by atoms with E-state index < -0.39 is 12.5 Å². The summed E-state index contributed by atoms with van der Waals surface area (Å²) in [6.07, 6.45) is 3.95. The molecule has 0 bridgehead atoms. The highest BCUT2D eigenvalue weighted by molar-refractivity contribution is 5.85. The Bertz CT molecular complexity index is 644. The predicted octanol–water partition coefficient (Wildman–Crippen LogP) is 0.619. The highest BCUT2D eigenvalue weighted by atomic mass is 35.5. The second-order valence-corrected chi connectivity index (χ2v) is 7.29. The molecule has 1 aromatic heterocycles. The number of rotatable bonds is 3. The van der Waals surface area contributed by atoms with Gasteiger partial charge in [0.1, 0.15) is 0 Å². The van der Waals surface area contributed by atoms with E-state index in [0.29, 0.717) is 6.42 Å². The number of aromatic nitrogens is 2. The normalized spacial score (nSPS) is 28.2. The Labute approximate surface area is 163 Å². The SMILES string of the molecule is Cl.O=C([C@@H]1C[C@H](N2CCN(c3ncccn3)CC2)CN1)N1CCC(F)(F)C1. The molecular formula is C17H25ClF2N6O. The van der Waals surface area contributed by atoms with E-state index in [4.69, 9.17) is 0 Å². The van der Waals surface area contributed by atoms with Crippen molar-refractivity contribution in [1.82, 2.24) is 25.1 Å². The van der Waals surface area contributed by atoms with E-state index in [-0.39, 0.29) is 43.4 Å². The van der Waals surface area contributed by atoms with Gasteiger partial charge < -0.3 is 15.1 Å². The van der Waals surface area contributed by atoms with E-state index in [0.717, 1.165) is 38.7 Å². The molecule has 7 nitrogen and oxygen atoms in total. The van der Waals surface area contributed by atoms with Crippen LogP contribution in [0.15, 0.2) is 18.5 Å². The van der Waals surface area contributed by atoms with Gasteiger partial charge in [-0.05, 0) is 12.5 Å². The summed E-state index contributed by atoms with van der Waals surface area (Å²) >= 11 is 0. The van der Waals surface area contributed by atoms with Crippen molar-refractivity contribution in [2.45, 2.75) is 30.8 Å². The van der Waals surface area contributed by atoms with E-state index in [1.807, 2.05) is 0 Å². The smallest absolute Gasteiger partial charge is 0.267 e. The summed E-state index contributed by atoms with van der Waals surface area (Å²) in [4.78, 5) is 26.9. The Hall–Kier alpha value is -1.58. The monoisotopic (exact) mass is 402 g/mol. The van der Waals surface area contributed by atoms with Crippen LogP contribution in [0.4, 0.5) is 14.7 Å². The van der Waals surface area contributed by atoms with E-state index in [1.54, 1.807) is 18.5 Å². The number of likely N-dealkylation sites (tertiary alicyclic amines) is 1. The average Bonchev–Trinajstić information content (AvgIpc) is 3.29. The van der Waals surface area contributed by atoms with Crippen LogP contribution in [0.3, 0.4) is 0 Å². The molecule has 3 saturated heterocycles. The molecule has 0 aliphatic carbocycles. The molecule has 150 valence electrons. The molecule has 0 radical (unpaired) electrons. The van der Waals surface area contributed by atoms with Crippen LogP contribution in [0.1, 0.15) is 12.8 Å². The van der Waals surface area contributed by atoms with Gasteiger partial charge in [-0.3, -0.25) is 9.69 Å². The summed E-state index contributed by atoms with van der Waals surface area (Å²) in [6, 6.07) is 1.73. The molecule has 0 saturated carbocycles. The Morgan fingerprint density at radius 2 is 1.85 bits per heavy atom. The van der Waals surface area contributed by atoms with Gasteiger partial charge in [0.25, 0.3) is 5.92 Å². The van der Waals surface area contributed by atoms with Gasteiger partial charge in [0.15, 0.2) is 0 Å². The number of hydrogen-bond donors (Lipinski definition) is 1. The highest BCUT2D eigenvalue weighted by Gasteiger charge is 2.43. The third-order valence-corrected chi connectivity index (χ3v) is 5.55. The van der Waals surface area contributed by atoms with Gasteiger partial charge in [-0.25, -0.2) is 18.7 Å². The van der Waals surface area contributed by atoms with Gasteiger partial charge in [0.05, 0.1) is 12.6 Å². The van der Waals surface area contributed by atoms with Crippen LogP contribution in [-0.2, 0) is 4.79 Å². The van der Waals surface area contributed by atoms with Gasteiger partial charge in [0, 0.05) is 64.1 Å². The van der Waals surface area contributed by atoms with E-state index in [1.165, 1.54) is 4.90 Å². The van der Waals surface area contributed by atoms with Crippen molar-refractivity contribution in [3.8, 4) is 0 Å². The summed E-state index contributed by atoms with van der Waals surface area (Å²) in [7, 11) is 0. The first-order valence-corrected chi connectivity index (χ1v) is 9.18. The molecule has 1 amide bonds. The average molecular weight is 403 g/mol. The summed E-state index contributed by atoms with van der Waals surface area (Å²) in [5, 5.41) is 3.23. The van der Waals surface area contributed by atoms with Crippen molar-refractivity contribution in [2.75, 3.05) is 50.7 Å². The maximum absolute atomic E-state index is 13.3. The van der Waals surface area contributed by atoms with Crippen LogP contribution in [0.25, 0.3) is 0 Å². The molecule has 0 aromatic carbocycles. The molecule has 0 spiro atoms. The van der Waals surface area contributed by atoms with Crippen molar-refractivity contribution in [2.24, 2.45) is 0 Å². The molecule has 3 aliphatic rings. The molecule has 3 fully saturated rings. The Kier molecular flexibility index (Phi) is 6.12. The molecule has 2 atom stereocenters. The number of hydrogen-bond acceptors (Lipinski definition) is 6. The Morgan fingerprint density at radius 3 is 2.48 bits per heavy atom. The molecule has 0 unspecified atom stereocenters. The van der Waals surface area contributed by atoms with E-state index in [9.17, 15) is 13.6 Å². The first-order chi connectivity index (χ1) is 12.5. The van der Waals surface area contributed by atoms with Crippen LogP contribution in [0.2, 0.25) is 0 Å². The number of alkyl halides is 2. The number of nitrogens with one attached hydrogen (secondary N) is 1. The third-order valence-electron chi connectivity index (χ3n) is 5.55. The van der Waals surface area contributed by atoms with Crippen molar-refractivity contribution in [1.29, 1.82) is 0 Å². The van der Waals surface area contributed by atoms with E-state index >= 15 is 0 Å². The van der Waals surface area contributed by atoms with Crippen molar-refractivity contribution >= 4 is 24.3 Å². The Balaban J connectivity index is 0.00000210. The van der Waals surface area contributed by atoms with Crippen LogP contribution in [0, 0.1) is 0 Å². The van der Waals surface area contributed by atoms with Crippen molar-refractivity contribution in [3.05, 3.63) is 18.5 Å². The summed E-state index contributed by atoms with van der Waals surface area (Å²) < 4.78 is 26.7. The van der Waals surface area contributed by atoms with Gasteiger partial charge >= 0.3 is 0 Å². The first-order valence-electron chi connectivity index (χ1n) is 9.18. The fraction of sp³-hybridized carbons (Fsp3) is 0.706. The summed E-state index contributed by atoms with van der Waals surface area (Å²) in [6.45, 7) is 3.90. The Morgan fingerprint density at radius 1 is 1.15 bits per heavy atom. The minimum atomic E-state index is -2.73. The lowest BCUT2D eigenvalue weighted by Crippen LogP contribution is -2.51. The standard InChI is InChI=1S/C17H24F2N6O.ClH/c18-17(19)2-5-25(12-17)15(26)14-10-13(11-22-14)23-6-8-24(9-7-23)16-20-3-1-4-21-16;/h1,3-4,13-14,22H,2,5-12H2;1H/t13-,14-;/m0./s1. The van der Waals surface area contributed by atoms with E-state index in [2.05, 4.69) is 25.1 Å². The quantitative estimate of drug-likeness (QED) is 0.799. The fourth-order valence-corrected chi connectivity index (χ4v) is 4.07. The largest absolute Gasteiger partial charge is 0.338 e. The second kappa shape index (κ2) is 8.20. The van der Waals surface area contributed by atoms with Crippen molar-refractivity contribution < 1.29 is 13.6 Å². The number of piperazine rings is 1. The lowest BCUT2D eigenvalue weighted by atomic mass is 10.1. The number of halogens is 3. The zero-order valence-electron chi connectivity index (χ0n) is 15.1. The molecule has 1 aromatic rings. The van der Waals surface area contributed by atoms with Crippen molar-refractivity contribution in [3.63, 3.8) is 0 Å². The summed E-state index contributed by atoms with van der Waals surface area (Å²) in [5.41, 5.74) is 0. The zero-order valence-corrected chi connectivity index (χ0v) is 15.9. The van der Waals surface area contributed by atoms with Crippen LogP contribution in [-0.4, -0.2) is 89.5 Å². The molecular weight excluding hydrogens is 378 g/mol. The number of carbonyl (C=O) groups excluding carboxylic acids is 1. The van der Waals surface area contributed by atoms with Gasteiger partial charge in [-0.1, -0.05) is 0 Å². The molecule has 10 heteroatoms. The molecule has 3 aliphatic heterocycles. The number of amides is 1. The molecule has 1 N–H and O–H groups in total. The molecule has 4 rings (SSSR count). The second-order valence-electron chi connectivity index (χ2n) is 7.29. The number of anilines is 1. The summed E-state index contributed by atoms with van der Waals surface area (Å²) in [5.74, 6) is -2.16. The maximum Gasteiger partial charge on any atom is 0.267 e. The minimum absolute atomic E-state index is 0. The third kappa shape index (κ3) is 4.47. The minimum Gasteiger partial charge on any atom is -0.338 e.